The largest absolute Gasteiger partial charge is 0.393 e. The fraction of sp³-hybridized carbons (Fsp3) is 1.00. The van der Waals surface area contributed by atoms with Gasteiger partial charge in [0.05, 0.1) is 12.2 Å². The zero-order chi connectivity index (χ0) is 16.1. The average molecular weight is 306 g/mol. The lowest BCUT2D eigenvalue weighted by molar-refractivity contribution is -0.173. The molecule has 4 rings (SSSR count). The van der Waals surface area contributed by atoms with Crippen molar-refractivity contribution < 1.29 is 10.2 Å². The molecule has 0 saturated heterocycles. The number of fused-ring (bicyclic) bond motifs is 2. The second-order valence-electron chi connectivity index (χ2n) is 10.5. The predicted octanol–water partition coefficient (Wildman–Crippen LogP) is 4.00. The standard InChI is InChI=1S/C20H34O2/c1-12-14(21)10-15(22)19(5)7-6-13-16-17(2,3)8-9-18(16,4)11-20(12,13)19/h12-16,21-22H,6-11H2,1-5H3/t12-,13-,14+,15+,16+,18+,19-,20-/m0/s1. The predicted molar refractivity (Wildman–Crippen MR) is 88.3 cm³/mol. The Bertz CT molecular complexity index is 500. The van der Waals surface area contributed by atoms with E-state index >= 15 is 0 Å². The Morgan fingerprint density at radius 2 is 1.64 bits per heavy atom. The van der Waals surface area contributed by atoms with Crippen molar-refractivity contribution in [2.75, 3.05) is 0 Å². The zero-order valence-electron chi connectivity index (χ0n) is 15.0. The molecular formula is C20H34O2. The monoisotopic (exact) mass is 306 g/mol. The minimum absolute atomic E-state index is 0.0136. The first kappa shape index (κ1) is 15.4. The van der Waals surface area contributed by atoms with Crippen LogP contribution in [0, 0.1) is 39.4 Å². The number of aliphatic hydroxyl groups excluding tert-OH is 2. The summed E-state index contributed by atoms with van der Waals surface area (Å²) in [6, 6.07) is 0. The van der Waals surface area contributed by atoms with Gasteiger partial charge in [-0.05, 0) is 71.5 Å². The van der Waals surface area contributed by atoms with Crippen LogP contribution < -0.4 is 0 Å². The molecule has 0 radical (unpaired) electrons. The van der Waals surface area contributed by atoms with Crippen LogP contribution >= 0.6 is 0 Å². The molecule has 0 aromatic heterocycles. The molecule has 2 heteroatoms. The summed E-state index contributed by atoms with van der Waals surface area (Å²) in [5, 5.41) is 21.6. The summed E-state index contributed by atoms with van der Waals surface area (Å²) < 4.78 is 0. The maximum absolute atomic E-state index is 10.9. The van der Waals surface area contributed by atoms with Gasteiger partial charge in [-0.1, -0.05) is 34.6 Å². The molecular weight excluding hydrogens is 272 g/mol. The molecule has 4 aliphatic rings. The molecule has 0 aromatic rings. The van der Waals surface area contributed by atoms with E-state index in [1.165, 1.54) is 25.7 Å². The average Bonchev–Trinajstić information content (AvgIpc) is 2.94. The van der Waals surface area contributed by atoms with Gasteiger partial charge in [-0.2, -0.15) is 0 Å². The maximum atomic E-state index is 10.9. The maximum Gasteiger partial charge on any atom is 0.0624 e. The number of hydrogen-bond acceptors (Lipinski definition) is 2. The Morgan fingerprint density at radius 1 is 0.955 bits per heavy atom. The molecule has 0 amide bonds. The molecule has 4 aliphatic carbocycles. The van der Waals surface area contributed by atoms with Crippen molar-refractivity contribution in [2.45, 2.75) is 85.4 Å². The first-order chi connectivity index (χ1) is 10.1. The van der Waals surface area contributed by atoms with Crippen LogP contribution in [-0.4, -0.2) is 22.4 Å². The van der Waals surface area contributed by atoms with Gasteiger partial charge in [0.15, 0.2) is 0 Å². The highest BCUT2D eigenvalue weighted by Gasteiger charge is 2.76. The third-order valence-corrected chi connectivity index (χ3v) is 9.32. The Hall–Kier alpha value is -0.0800. The Labute approximate surface area is 135 Å². The molecule has 4 saturated carbocycles. The molecule has 126 valence electrons. The van der Waals surface area contributed by atoms with E-state index in [0.717, 1.165) is 12.3 Å². The summed E-state index contributed by atoms with van der Waals surface area (Å²) >= 11 is 0. The smallest absolute Gasteiger partial charge is 0.0624 e. The van der Waals surface area contributed by atoms with Crippen molar-refractivity contribution in [1.29, 1.82) is 0 Å². The summed E-state index contributed by atoms with van der Waals surface area (Å²) in [4.78, 5) is 0. The van der Waals surface area contributed by atoms with Crippen LogP contribution in [0.3, 0.4) is 0 Å². The first-order valence-electron chi connectivity index (χ1n) is 9.45. The molecule has 0 aromatic carbocycles. The highest BCUT2D eigenvalue weighted by atomic mass is 16.3. The van der Waals surface area contributed by atoms with E-state index in [0.29, 0.717) is 29.1 Å². The van der Waals surface area contributed by atoms with Crippen LogP contribution in [0.5, 0.6) is 0 Å². The van der Waals surface area contributed by atoms with Crippen molar-refractivity contribution in [3.63, 3.8) is 0 Å². The van der Waals surface area contributed by atoms with Gasteiger partial charge in [-0.15, -0.1) is 0 Å². The molecule has 0 heterocycles. The van der Waals surface area contributed by atoms with E-state index in [1.54, 1.807) is 0 Å². The fourth-order valence-electron chi connectivity index (χ4n) is 8.46. The molecule has 0 unspecified atom stereocenters. The van der Waals surface area contributed by atoms with E-state index in [9.17, 15) is 10.2 Å². The first-order valence-corrected chi connectivity index (χ1v) is 9.45. The lowest BCUT2D eigenvalue weighted by atomic mass is 9.49. The normalized spacial score (nSPS) is 62.6. The van der Waals surface area contributed by atoms with Gasteiger partial charge >= 0.3 is 0 Å². The van der Waals surface area contributed by atoms with Crippen LogP contribution in [-0.2, 0) is 0 Å². The minimum atomic E-state index is -0.325. The Morgan fingerprint density at radius 3 is 2.32 bits per heavy atom. The number of aliphatic hydroxyl groups is 2. The highest BCUT2D eigenvalue weighted by Crippen LogP contribution is 2.80. The van der Waals surface area contributed by atoms with Crippen molar-refractivity contribution in [1.82, 2.24) is 0 Å². The van der Waals surface area contributed by atoms with E-state index in [1.807, 2.05) is 0 Å². The third-order valence-electron chi connectivity index (χ3n) is 9.32. The van der Waals surface area contributed by atoms with E-state index in [2.05, 4.69) is 34.6 Å². The third kappa shape index (κ3) is 1.46. The summed E-state index contributed by atoms with van der Waals surface area (Å²) in [5.41, 5.74) is 1.00. The van der Waals surface area contributed by atoms with E-state index in [4.69, 9.17) is 0 Å². The summed E-state index contributed by atoms with van der Waals surface area (Å²) in [5.74, 6) is 1.79. The summed E-state index contributed by atoms with van der Waals surface area (Å²) in [6.45, 7) is 12.1. The van der Waals surface area contributed by atoms with Crippen molar-refractivity contribution >= 4 is 0 Å². The van der Waals surface area contributed by atoms with Crippen LogP contribution in [0.15, 0.2) is 0 Å². The molecule has 8 atom stereocenters. The van der Waals surface area contributed by atoms with Gasteiger partial charge in [0, 0.05) is 6.42 Å². The van der Waals surface area contributed by atoms with Crippen molar-refractivity contribution in [3.8, 4) is 0 Å². The summed E-state index contributed by atoms with van der Waals surface area (Å²) in [7, 11) is 0. The quantitative estimate of drug-likeness (QED) is 0.710. The summed E-state index contributed by atoms with van der Waals surface area (Å²) in [6.07, 6.45) is 6.24. The van der Waals surface area contributed by atoms with E-state index < -0.39 is 0 Å². The molecule has 2 nitrogen and oxygen atoms in total. The van der Waals surface area contributed by atoms with E-state index in [-0.39, 0.29) is 23.0 Å². The molecule has 4 fully saturated rings. The van der Waals surface area contributed by atoms with Gasteiger partial charge in [0.2, 0.25) is 0 Å². The lowest BCUT2D eigenvalue weighted by Crippen LogP contribution is -2.58. The molecule has 22 heavy (non-hydrogen) atoms. The Kier molecular flexibility index (Phi) is 2.89. The Balaban J connectivity index is 1.87. The number of rotatable bonds is 0. The van der Waals surface area contributed by atoms with Gasteiger partial charge in [-0.3, -0.25) is 0 Å². The minimum Gasteiger partial charge on any atom is -0.393 e. The molecule has 1 spiro atoms. The molecule has 0 bridgehead atoms. The molecule has 0 aliphatic heterocycles. The highest BCUT2D eigenvalue weighted by molar-refractivity contribution is 5.24. The topological polar surface area (TPSA) is 40.5 Å². The van der Waals surface area contributed by atoms with Crippen LogP contribution in [0.2, 0.25) is 0 Å². The lowest BCUT2D eigenvalue weighted by Gasteiger charge is -2.57. The van der Waals surface area contributed by atoms with Gasteiger partial charge in [0.1, 0.15) is 0 Å². The fourth-order valence-corrected chi connectivity index (χ4v) is 8.46. The van der Waals surface area contributed by atoms with Crippen LogP contribution in [0.4, 0.5) is 0 Å². The van der Waals surface area contributed by atoms with Crippen molar-refractivity contribution in [2.24, 2.45) is 39.4 Å². The second-order valence-corrected chi connectivity index (χ2v) is 10.5. The van der Waals surface area contributed by atoms with Gasteiger partial charge in [-0.25, -0.2) is 0 Å². The van der Waals surface area contributed by atoms with Gasteiger partial charge < -0.3 is 10.2 Å². The number of hydrogen-bond donors (Lipinski definition) is 2. The van der Waals surface area contributed by atoms with Gasteiger partial charge in [0.25, 0.3) is 0 Å². The second kappa shape index (κ2) is 4.11. The SMILES string of the molecule is C[C@H]1[C@H](O)C[C@@H](O)[C@]2(C)CC[C@H]3[C@@H]4C(C)(C)CC[C@]4(C)C[C@]132. The zero-order valence-corrected chi connectivity index (χ0v) is 15.0. The van der Waals surface area contributed by atoms with Crippen LogP contribution in [0.1, 0.15) is 73.1 Å². The van der Waals surface area contributed by atoms with Crippen LogP contribution in [0.25, 0.3) is 0 Å². The van der Waals surface area contributed by atoms with Crippen molar-refractivity contribution in [3.05, 3.63) is 0 Å². The molecule has 2 N–H and O–H groups in total.